The van der Waals surface area contributed by atoms with E-state index in [9.17, 15) is 13.2 Å². The number of anilines is 2. The summed E-state index contributed by atoms with van der Waals surface area (Å²) in [5.41, 5.74) is 4.06. The van der Waals surface area contributed by atoms with Gasteiger partial charge in [-0.05, 0) is 50.6 Å². The summed E-state index contributed by atoms with van der Waals surface area (Å²) in [6.45, 7) is 8.08. The number of amidine groups is 1. The van der Waals surface area contributed by atoms with Crippen molar-refractivity contribution in [3.05, 3.63) is 59.7 Å². The highest BCUT2D eigenvalue weighted by Gasteiger charge is 2.49. The van der Waals surface area contributed by atoms with Gasteiger partial charge in [-0.3, -0.25) is 4.79 Å². The van der Waals surface area contributed by atoms with Crippen LogP contribution in [-0.2, 0) is 21.1 Å². The number of hydrogen-bond acceptors (Lipinski definition) is 5. The molecule has 2 heterocycles. The first kappa shape index (κ1) is 22.9. The van der Waals surface area contributed by atoms with Gasteiger partial charge in [0.05, 0.1) is 24.0 Å². The number of aliphatic imine (C=N–C) groups is 1. The van der Waals surface area contributed by atoms with Crippen LogP contribution < -0.4 is 9.80 Å². The zero-order valence-corrected chi connectivity index (χ0v) is 20.3. The van der Waals surface area contributed by atoms with Crippen LogP contribution in [-0.4, -0.2) is 55.4 Å². The first-order valence-corrected chi connectivity index (χ1v) is 13.7. The molecule has 2 aromatic rings. The average Bonchev–Trinajstić information content (AvgIpc) is 3.22. The van der Waals surface area contributed by atoms with Crippen molar-refractivity contribution in [2.45, 2.75) is 38.5 Å². The molecule has 2 saturated heterocycles. The summed E-state index contributed by atoms with van der Waals surface area (Å²) in [4.78, 5) is 21.4. The lowest BCUT2D eigenvalue weighted by Crippen LogP contribution is -2.37. The molecular weight excluding hydrogens is 442 g/mol. The van der Waals surface area contributed by atoms with E-state index in [-0.39, 0.29) is 35.1 Å². The van der Waals surface area contributed by atoms with Gasteiger partial charge in [0, 0.05) is 29.7 Å². The summed E-state index contributed by atoms with van der Waals surface area (Å²) < 4.78 is 24.6. The van der Waals surface area contributed by atoms with Crippen LogP contribution in [0.2, 0.25) is 0 Å². The van der Waals surface area contributed by atoms with Crippen LogP contribution in [0, 0.1) is 6.92 Å². The Balaban J connectivity index is 1.62. The van der Waals surface area contributed by atoms with Crippen LogP contribution >= 0.6 is 11.8 Å². The Labute approximate surface area is 194 Å². The number of rotatable bonds is 6. The predicted octanol–water partition coefficient (Wildman–Crippen LogP) is 3.69. The molecule has 0 bridgehead atoms. The van der Waals surface area contributed by atoms with Crippen LogP contribution in [0.25, 0.3) is 0 Å². The number of sulfone groups is 1. The number of aryl methyl sites for hydroxylation is 1. The van der Waals surface area contributed by atoms with Gasteiger partial charge in [0.2, 0.25) is 0 Å². The molecule has 32 heavy (non-hydrogen) atoms. The molecule has 0 unspecified atom stereocenters. The van der Waals surface area contributed by atoms with Crippen molar-refractivity contribution in [3.63, 3.8) is 0 Å². The Hall–Kier alpha value is -2.32. The van der Waals surface area contributed by atoms with Crippen molar-refractivity contribution in [2.75, 3.05) is 34.4 Å². The van der Waals surface area contributed by atoms with Gasteiger partial charge >= 0.3 is 0 Å². The Morgan fingerprint density at radius 3 is 2.34 bits per heavy atom. The molecule has 2 aliphatic heterocycles. The molecular formula is C24H29N3O3S2. The number of carbonyl (C=O) groups excluding carboxylic acids is 1. The summed E-state index contributed by atoms with van der Waals surface area (Å²) in [5.74, 6) is -0.00114. The summed E-state index contributed by atoms with van der Waals surface area (Å²) in [5, 5.41) is 0.496. The standard InChI is InChI=1S/C24H29N3O3S2/c1-4-26(5-2)19-10-12-20(13-11-19)27-21-15-32(29,30)16-22(21)31-24(27)25-23(28)14-18-8-6-17(3)7-9-18/h6-13,21-22H,4-5,14-16H2,1-3H3/t21-,22-/m0/s1. The van der Waals surface area contributed by atoms with Crippen LogP contribution in [0.1, 0.15) is 25.0 Å². The van der Waals surface area contributed by atoms with Crippen molar-refractivity contribution in [1.82, 2.24) is 0 Å². The molecule has 2 aromatic carbocycles. The minimum absolute atomic E-state index is 0.0909. The Morgan fingerprint density at radius 1 is 1.06 bits per heavy atom. The van der Waals surface area contributed by atoms with Gasteiger partial charge in [0.25, 0.3) is 5.91 Å². The third kappa shape index (κ3) is 4.86. The SMILES string of the molecule is CCN(CC)c1ccc(N2C(=NC(=O)Cc3ccc(C)cc3)S[C@H]3CS(=O)(=O)C[C@@H]32)cc1. The van der Waals surface area contributed by atoms with Crippen molar-refractivity contribution >= 4 is 44.0 Å². The van der Waals surface area contributed by atoms with Crippen molar-refractivity contribution in [2.24, 2.45) is 4.99 Å². The molecule has 170 valence electrons. The highest BCUT2D eigenvalue weighted by atomic mass is 32.2. The molecule has 0 spiro atoms. The van der Waals surface area contributed by atoms with Gasteiger partial charge < -0.3 is 9.80 Å². The number of thioether (sulfide) groups is 1. The fourth-order valence-corrected chi connectivity index (χ4v) is 8.24. The normalized spacial score (nSPS) is 22.8. The molecule has 6 nitrogen and oxygen atoms in total. The number of amides is 1. The summed E-state index contributed by atoms with van der Waals surface area (Å²) >= 11 is 1.41. The average molecular weight is 472 g/mol. The zero-order valence-electron chi connectivity index (χ0n) is 18.7. The van der Waals surface area contributed by atoms with Gasteiger partial charge in [0.15, 0.2) is 15.0 Å². The van der Waals surface area contributed by atoms with E-state index in [1.165, 1.54) is 11.8 Å². The minimum Gasteiger partial charge on any atom is -0.372 e. The van der Waals surface area contributed by atoms with Gasteiger partial charge in [-0.15, -0.1) is 0 Å². The number of hydrogen-bond donors (Lipinski definition) is 0. The molecule has 0 aliphatic carbocycles. The van der Waals surface area contributed by atoms with E-state index in [2.05, 4.69) is 35.9 Å². The van der Waals surface area contributed by atoms with E-state index in [1.54, 1.807) is 0 Å². The second kappa shape index (κ2) is 9.27. The van der Waals surface area contributed by atoms with Gasteiger partial charge in [-0.25, -0.2) is 8.42 Å². The van der Waals surface area contributed by atoms with Crippen LogP contribution in [0.4, 0.5) is 11.4 Å². The molecule has 2 aliphatic rings. The second-order valence-corrected chi connectivity index (χ2v) is 11.7. The molecule has 0 radical (unpaired) electrons. The van der Waals surface area contributed by atoms with E-state index in [0.717, 1.165) is 35.6 Å². The lowest BCUT2D eigenvalue weighted by molar-refractivity contribution is -0.117. The largest absolute Gasteiger partial charge is 0.372 e. The Morgan fingerprint density at radius 2 is 1.72 bits per heavy atom. The summed E-state index contributed by atoms with van der Waals surface area (Å²) in [6.07, 6.45) is 0.229. The molecule has 2 atom stereocenters. The second-order valence-electron chi connectivity index (χ2n) is 8.31. The topological polar surface area (TPSA) is 70.0 Å². The highest BCUT2D eigenvalue weighted by Crippen LogP contribution is 2.41. The molecule has 1 amide bonds. The number of nitrogens with zero attached hydrogens (tertiary/aromatic N) is 3. The predicted molar refractivity (Wildman–Crippen MR) is 134 cm³/mol. The van der Waals surface area contributed by atoms with Crippen LogP contribution in [0.3, 0.4) is 0 Å². The third-order valence-electron chi connectivity index (χ3n) is 6.02. The van der Waals surface area contributed by atoms with E-state index >= 15 is 0 Å². The maximum absolute atomic E-state index is 12.7. The van der Waals surface area contributed by atoms with Crippen molar-refractivity contribution in [3.8, 4) is 0 Å². The fraction of sp³-hybridized carbons (Fsp3) is 0.417. The summed E-state index contributed by atoms with van der Waals surface area (Å²) in [7, 11) is -3.09. The Kier molecular flexibility index (Phi) is 6.62. The first-order valence-electron chi connectivity index (χ1n) is 11.0. The van der Waals surface area contributed by atoms with E-state index in [4.69, 9.17) is 0 Å². The minimum atomic E-state index is -3.09. The fourth-order valence-electron chi connectivity index (χ4n) is 4.31. The highest BCUT2D eigenvalue weighted by molar-refractivity contribution is 8.16. The maximum Gasteiger partial charge on any atom is 0.252 e. The Bertz CT molecular complexity index is 1110. The van der Waals surface area contributed by atoms with E-state index < -0.39 is 9.84 Å². The monoisotopic (exact) mass is 471 g/mol. The molecule has 0 N–H and O–H groups in total. The van der Waals surface area contributed by atoms with Crippen LogP contribution in [0.5, 0.6) is 0 Å². The van der Waals surface area contributed by atoms with Gasteiger partial charge in [-0.2, -0.15) is 4.99 Å². The van der Waals surface area contributed by atoms with Crippen molar-refractivity contribution in [1.29, 1.82) is 0 Å². The number of carbonyl (C=O) groups is 1. The van der Waals surface area contributed by atoms with Gasteiger partial charge in [-0.1, -0.05) is 41.6 Å². The molecule has 0 aromatic heterocycles. The molecule has 2 fully saturated rings. The smallest absolute Gasteiger partial charge is 0.252 e. The zero-order chi connectivity index (χ0) is 22.9. The molecule has 4 rings (SSSR count). The molecule has 0 saturated carbocycles. The number of benzene rings is 2. The first-order chi connectivity index (χ1) is 15.3. The van der Waals surface area contributed by atoms with Gasteiger partial charge in [0.1, 0.15) is 0 Å². The number of fused-ring (bicyclic) bond motifs is 1. The quantitative estimate of drug-likeness (QED) is 0.640. The third-order valence-corrected chi connectivity index (χ3v) is 9.23. The van der Waals surface area contributed by atoms with Crippen LogP contribution in [0.15, 0.2) is 53.5 Å². The maximum atomic E-state index is 12.7. The molecule has 8 heteroatoms. The van der Waals surface area contributed by atoms with E-state index in [0.29, 0.717) is 5.17 Å². The lowest BCUT2D eigenvalue weighted by Gasteiger charge is -2.26. The lowest BCUT2D eigenvalue weighted by atomic mass is 10.1. The summed E-state index contributed by atoms with van der Waals surface area (Å²) in [6, 6.07) is 15.8. The van der Waals surface area contributed by atoms with Crippen molar-refractivity contribution < 1.29 is 13.2 Å². The van der Waals surface area contributed by atoms with E-state index in [1.807, 2.05) is 48.2 Å².